The Labute approximate surface area is 161 Å². The van der Waals surface area contributed by atoms with E-state index < -0.39 is 6.29 Å². The van der Waals surface area contributed by atoms with Crippen molar-refractivity contribution in [1.29, 1.82) is 0 Å². The van der Waals surface area contributed by atoms with Gasteiger partial charge in [-0.25, -0.2) is 0 Å². The summed E-state index contributed by atoms with van der Waals surface area (Å²) < 4.78 is 1.89. The number of amides is 1. The number of rotatable bonds is 7. The average Bonchev–Trinajstić information content (AvgIpc) is 3.10. The third-order valence-electron chi connectivity index (χ3n) is 3.87. The van der Waals surface area contributed by atoms with Crippen LogP contribution < -0.4 is 5.32 Å². The predicted molar refractivity (Wildman–Crippen MR) is 104 cm³/mol. The summed E-state index contributed by atoms with van der Waals surface area (Å²) in [5.41, 5.74) is 1.87. The second kappa shape index (κ2) is 8.81. The maximum atomic E-state index is 12.1. The van der Waals surface area contributed by atoms with Crippen molar-refractivity contribution in [3.05, 3.63) is 60.2 Å². The van der Waals surface area contributed by atoms with Crippen molar-refractivity contribution in [1.82, 2.24) is 14.8 Å². The molecule has 8 heteroatoms. The Balaban J connectivity index is 1.72. The largest absolute Gasteiger partial charge is 0.364 e. The molecule has 27 heavy (non-hydrogen) atoms. The highest BCUT2D eigenvalue weighted by Crippen LogP contribution is 2.26. The molecule has 2 aromatic carbocycles. The van der Waals surface area contributed by atoms with Crippen molar-refractivity contribution in [2.24, 2.45) is 0 Å². The molecule has 0 fully saturated rings. The smallest absolute Gasteiger partial charge is 0.234 e. The molecule has 0 atom stereocenters. The summed E-state index contributed by atoms with van der Waals surface area (Å²) in [6.07, 6.45) is -1.54. The number of para-hydroxylation sites is 1. The predicted octanol–water partition coefficient (Wildman–Crippen LogP) is 2.68. The summed E-state index contributed by atoms with van der Waals surface area (Å²) in [6, 6.07) is 16.1. The van der Waals surface area contributed by atoms with Gasteiger partial charge in [-0.05, 0) is 25.1 Å². The van der Waals surface area contributed by atoms with Crippen LogP contribution in [0, 0.1) is 0 Å². The van der Waals surface area contributed by atoms with Crippen LogP contribution in [0.1, 0.15) is 18.8 Å². The van der Waals surface area contributed by atoms with E-state index in [-0.39, 0.29) is 11.7 Å². The number of thioether (sulfide) groups is 1. The van der Waals surface area contributed by atoms with Crippen LogP contribution in [0.15, 0.2) is 59.8 Å². The van der Waals surface area contributed by atoms with E-state index in [9.17, 15) is 15.0 Å². The molecule has 0 aliphatic heterocycles. The van der Waals surface area contributed by atoms with Gasteiger partial charge in [-0.1, -0.05) is 48.2 Å². The standard InChI is InChI=1S/C19H20N4O3S/c1-2-23-17(13-7-6-8-14(11-13)18(25)26)21-22-19(23)27-12-16(24)20-15-9-4-3-5-10-15/h3-11,18,25-26H,2,12H2,1H3,(H,20,24). The first kappa shape index (κ1) is 19.1. The minimum atomic E-state index is -1.54. The van der Waals surface area contributed by atoms with Crippen molar-refractivity contribution in [3.8, 4) is 11.4 Å². The van der Waals surface area contributed by atoms with Gasteiger partial charge in [-0.2, -0.15) is 0 Å². The molecule has 0 aliphatic rings. The van der Waals surface area contributed by atoms with E-state index in [1.54, 1.807) is 18.2 Å². The molecule has 3 N–H and O–H groups in total. The highest BCUT2D eigenvalue weighted by molar-refractivity contribution is 7.99. The minimum Gasteiger partial charge on any atom is -0.364 e. The van der Waals surface area contributed by atoms with Crippen molar-refractivity contribution in [3.63, 3.8) is 0 Å². The molecule has 140 valence electrons. The van der Waals surface area contributed by atoms with E-state index in [1.165, 1.54) is 11.8 Å². The minimum absolute atomic E-state index is 0.121. The molecule has 0 saturated carbocycles. The topological polar surface area (TPSA) is 100 Å². The van der Waals surface area contributed by atoms with E-state index in [4.69, 9.17) is 0 Å². The molecule has 0 unspecified atom stereocenters. The van der Waals surface area contributed by atoms with Crippen LogP contribution in [0.5, 0.6) is 0 Å². The fourth-order valence-electron chi connectivity index (χ4n) is 2.58. The van der Waals surface area contributed by atoms with Crippen molar-refractivity contribution in [2.45, 2.75) is 24.9 Å². The third-order valence-corrected chi connectivity index (χ3v) is 4.83. The zero-order valence-electron chi connectivity index (χ0n) is 14.7. The molecule has 7 nitrogen and oxygen atoms in total. The number of hydrogen-bond donors (Lipinski definition) is 3. The first-order valence-electron chi connectivity index (χ1n) is 8.46. The van der Waals surface area contributed by atoms with Gasteiger partial charge < -0.3 is 20.1 Å². The number of nitrogens with zero attached hydrogens (tertiary/aromatic N) is 3. The molecular weight excluding hydrogens is 364 g/mol. The lowest BCUT2D eigenvalue weighted by Crippen LogP contribution is -2.14. The Morgan fingerprint density at radius 1 is 1.15 bits per heavy atom. The SMILES string of the molecule is CCn1c(SCC(=O)Nc2ccccc2)nnc1-c1cccc(C(O)O)c1. The number of carbonyl (C=O) groups is 1. The molecule has 0 saturated heterocycles. The van der Waals surface area contributed by atoms with Crippen LogP contribution in [-0.2, 0) is 11.3 Å². The zero-order chi connectivity index (χ0) is 19.2. The molecule has 0 spiro atoms. The summed E-state index contributed by atoms with van der Waals surface area (Å²) in [5.74, 6) is 0.706. The van der Waals surface area contributed by atoms with E-state index in [0.29, 0.717) is 23.1 Å². The number of anilines is 1. The summed E-state index contributed by atoms with van der Waals surface area (Å²) in [7, 11) is 0. The number of benzene rings is 2. The average molecular weight is 384 g/mol. The van der Waals surface area contributed by atoms with Crippen LogP contribution in [0.2, 0.25) is 0 Å². The Morgan fingerprint density at radius 3 is 2.63 bits per heavy atom. The summed E-state index contributed by atoms with van der Waals surface area (Å²) >= 11 is 1.30. The molecule has 0 aliphatic carbocycles. The summed E-state index contributed by atoms with van der Waals surface area (Å²) in [5, 5.41) is 30.6. The van der Waals surface area contributed by atoms with Gasteiger partial charge in [0.05, 0.1) is 5.75 Å². The van der Waals surface area contributed by atoms with E-state index in [0.717, 1.165) is 11.3 Å². The molecule has 3 aromatic rings. The molecule has 1 heterocycles. The Kier molecular flexibility index (Phi) is 6.23. The molecule has 3 rings (SSSR count). The number of aliphatic hydroxyl groups is 2. The van der Waals surface area contributed by atoms with Gasteiger partial charge in [-0.3, -0.25) is 4.79 Å². The lowest BCUT2D eigenvalue weighted by atomic mass is 10.1. The van der Waals surface area contributed by atoms with Crippen LogP contribution in [0.3, 0.4) is 0 Å². The number of aromatic nitrogens is 3. The quantitative estimate of drug-likeness (QED) is 0.428. The van der Waals surface area contributed by atoms with Gasteiger partial charge in [0, 0.05) is 23.4 Å². The summed E-state index contributed by atoms with van der Waals surface area (Å²) in [6.45, 7) is 2.59. The Morgan fingerprint density at radius 2 is 1.93 bits per heavy atom. The summed E-state index contributed by atoms with van der Waals surface area (Å²) in [4.78, 5) is 12.1. The molecular formula is C19H20N4O3S. The number of carbonyl (C=O) groups excluding carboxylic acids is 1. The Hall–Kier alpha value is -2.68. The highest BCUT2D eigenvalue weighted by Gasteiger charge is 2.15. The molecule has 0 radical (unpaired) electrons. The Bertz CT molecular complexity index is 912. The van der Waals surface area contributed by atoms with Crippen molar-refractivity contribution >= 4 is 23.4 Å². The zero-order valence-corrected chi connectivity index (χ0v) is 15.6. The van der Waals surface area contributed by atoms with Gasteiger partial charge >= 0.3 is 0 Å². The lowest BCUT2D eigenvalue weighted by molar-refractivity contribution is -0.113. The van der Waals surface area contributed by atoms with Crippen LogP contribution >= 0.6 is 11.8 Å². The van der Waals surface area contributed by atoms with Gasteiger partial charge in [0.25, 0.3) is 0 Å². The maximum absolute atomic E-state index is 12.1. The molecule has 1 aromatic heterocycles. The fraction of sp³-hybridized carbons (Fsp3) is 0.211. The van der Waals surface area contributed by atoms with Gasteiger partial charge in [-0.15, -0.1) is 10.2 Å². The van der Waals surface area contributed by atoms with Crippen LogP contribution in [0.4, 0.5) is 5.69 Å². The van der Waals surface area contributed by atoms with Gasteiger partial charge in [0.1, 0.15) is 0 Å². The van der Waals surface area contributed by atoms with Gasteiger partial charge in [0.2, 0.25) is 5.91 Å². The second-order valence-electron chi connectivity index (χ2n) is 5.75. The lowest BCUT2D eigenvalue weighted by Gasteiger charge is -2.09. The number of nitrogens with one attached hydrogen (secondary N) is 1. The van der Waals surface area contributed by atoms with Crippen LogP contribution in [-0.4, -0.2) is 36.6 Å². The van der Waals surface area contributed by atoms with Crippen molar-refractivity contribution in [2.75, 3.05) is 11.1 Å². The van der Waals surface area contributed by atoms with Gasteiger partial charge in [0.15, 0.2) is 17.3 Å². The number of aliphatic hydroxyl groups excluding tert-OH is 1. The first-order chi connectivity index (χ1) is 13.1. The molecule has 1 amide bonds. The monoisotopic (exact) mass is 384 g/mol. The van der Waals surface area contributed by atoms with Crippen molar-refractivity contribution < 1.29 is 15.0 Å². The first-order valence-corrected chi connectivity index (χ1v) is 9.44. The number of hydrogen-bond acceptors (Lipinski definition) is 6. The normalized spacial score (nSPS) is 11.0. The highest BCUT2D eigenvalue weighted by atomic mass is 32.2. The second-order valence-corrected chi connectivity index (χ2v) is 6.69. The maximum Gasteiger partial charge on any atom is 0.234 e. The van der Waals surface area contributed by atoms with E-state index >= 15 is 0 Å². The van der Waals surface area contributed by atoms with E-state index in [1.807, 2.05) is 47.9 Å². The fourth-order valence-corrected chi connectivity index (χ4v) is 3.38. The molecule has 0 bridgehead atoms. The van der Waals surface area contributed by atoms with Crippen LogP contribution in [0.25, 0.3) is 11.4 Å². The third kappa shape index (κ3) is 4.73. The van der Waals surface area contributed by atoms with E-state index in [2.05, 4.69) is 15.5 Å².